The van der Waals surface area contributed by atoms with E-state index in [0.717, 1.165) is 11.4 Å². The Hall–Kier alpha value is -1.52. The van der Waals surface area contributed by atoms with E-state index in [4.69, 9.17) is 17.3 Å². The summed E-state index contributed by atoms with van der Waals surface area (Å²) in [5, 5.41) is 7.95. The molecular formula is C11H13ClN4. The topological polar surface area (TPSA) is 55.9 Å². The largest absolute Gasteiger partial charge is 0.382 e. The maximum atomic E-state index is 6.12. The lowest BCUT2D eigenvalue weighted by molar-refractivity contribution is 0.730. The quantitative estimate of drug-likeness (QED) is 0.855. The van der Waals surface area contributed by atoms with Crippen molar-refractivity contribution in [2.45, 2.75) is 6.54 Å². The molecule has 0 bridgehead atoms. The lowest BCUT2D eigenvalue weighted by atomic mass is 10.3. The van der Waals surface area contributed by atoms with Crippen LogP contribution in [-0.2, 0) is 6.54 Å². The van der Waals surface area contributed by atoms with Gasteiger partial charge in [-0.3, -0.25) is 0 Å². The highest BCUT2D eigenvalue weighted by molar-refractivity contribution is 6.32. The minimum Gasteiger partial charge on any atom is -0.382 e. The van der Waals surface area contributed by atoms with Crippen LogP contribution in [0, 0.1) is 0 Å². The number of hydrogen-bond donors (Lipinski definition) is 2. The van der Waals surface area contributed by atoms with Gasteiger partial charge in [-0.25, -0.2) is 4.68 Å². The van der Waals surface area contributed by atoms with Gasteiger partial charge in [-0.2, -0.15) is 5.10 Å². The standard InChI is InChI=1S/C11H13ClN4/c1-14-7-8-6-11(13)15-16(8)10-5-3-2-4-9(10)12/h2-6,14H,7H2,1H3,(H2,13,15). The van der Waals surface area contributed by atoms with E-state index in [-0.39, 0.29) is 0 Å². The summed E-state index contributed by atoms with van der Waals surface area (Å²) in [6.07, 6.45) is 0. The summed E-state index contributed by atoms with van der Waals surface area (Å²) in [6, 6.07) is 9.38. The second kappa shape index (κ2) is 4.55. The molecule has 1 aromatic carbocycles. The van der Waals surface area contributed by atoms with Gasteiger partial charge < -0.3 is 11.1 Å². The minimum absolute atomic E-state index is 0.491. The van der Waals surface area contributed by atoms with Crippen molar-refractivity contribution in [3.63, 3.8) is 0 Å². The van der Waals surface area contributed by atoms with Gasteiger partial charge in [0.05, 0.1) is 16.4 Å². The molecule has 0 amide bonds. The molecule has 5 heteroatoms. The highest BCUT2D eigenvalue weighted by Crippen LogP contribution is 2.21. The van der Waals surface area contributed by atoms with Gasteiger partial charge in [0.1, 0.15) is 5.82 Å². The maximum Gasteiger partial charge on any atom is 0.146 e. The number of nitrogen functional groups attached to an aromatic ring is 1. The van der Waals surface area contributed by atoms with Gasteiger partial charge in [0.2, 0.25) is 0 Å². The van der Waals surface area contributed by atoms with Crippen molar-refractivity contribution in [1.29, 1.82) is 0 Å². The third-order valence-electron chi connectivity index (χ3n) is 2.24. The molecule has 0 aliphatic heterocycles. The van der Waals surface area contributed by atoms with E-state index in [0.29, 0.717) is 17.4 Å². The van der Waals surface area contributed by atoms with E-state index in [2.05, 4.69) is 10.4 Å². The first-order chi connectivity index (χ1) is 7.72. The summed E-state index contributed by atoms with van der Waals surface area (Å²) in [5.41, 5.74) is 7.51. The molecule has 0 atom stereocenters. The van der Waals surface area contributed by atoms with Gasteiger partial charge in [-0.1, -0.05) is 23.7 Å². The summed E-state index contributed by atoms with van der Waals surface area (Å²) in [7, 11) is 1.88. The Balaban J connectivity index is 2.51. The van der Waals surface area contributed by atoms with Gasteiger partial charge in [-0.15, -0.1) is 0 Å². The Kier molecular flexibility index (Phi) is 3.12. The summed E-state index contributed by atoms with van der Waals surface area (Å²) in [5.74, 6) is 0.491. The molecule has 0 saturated heterocycles. The first-order valence-corrected chi connectivity index (χ1v) is 5.34. The van der Waals surface area contributed by atoms with E-state index in [1.54, 1.807) is 4.68 Å². The van der Waals surface area contributed by atoms with Crippen LogP contribution in [0.3, 0.4) is 0 Å². The summed E-state index contributed by atoms with van der Waals surface area (Å²) >= 11 is 6.12. The predicted molar refractivity (Wildman–Crippen MR) is 65.8 cm³/mol. The van der Waals surface area contributed by atoms with E-state index < -0.39 is 0 Å². The molecule has 1 heterocycles. The van der Waals surface area contributed by atoms with Crippen LogP contribution in [0.5, 0.6) is 0 Å². The zero-order valence-corrected chi connectivity index (χ0v) is 9.70. The van der Waals surface area contributed by atoms with Crippen molar-refractivity contribution < 1.29 is 0 Å². The number of nitrogens with zero attached hydrogens (tertiary/aromatic N) is 2. The number of hydrogen-bond acceptors (Lipinski definition) is 3. The number of nitrogens with two attached hydrogens (primary N) is 1. The smallest absolute Gasteiger partial charge is 0.146 e. The fraction of sp³-hybridized carbons (Fsp3) is 0.182. The third kappa shape index (κ3) is 2.03. The van der Waals surface area contributed by atoms with Gasteiger partial charge in [0.15, 0.2) is 0 Å². The van der Waals surface area contributed by atoms with E-state index in [1.807, 2.05) is 37.4 Å². The second-order valence-corrected chi connectivity index (χ2v) is 3.86. The number of benzene rings is 1. The van der Waals surface area contributed by atoms with Crippen LogP contribution in [0.25, 0.3) is 5.69 Å². The molecule has 3 N–H and O–H groups in total. The van der Waals surface area contributed by atoms with E-state index >= 15 is 0 Å². The number of para-hydroxylation sites is 1. The van der Waals surface area contributed by atoms with Gasteiger partial charge in [-0.05, 0) is 19.2 Å². The zero-order valence-electron chi connectivity index (χ0n) is 8.94. The predicted octanol–water partition coefficient (Wildman–Crippen LogP) is 1.83. The molecule has 84 valence electrons. The molecule has 2 aromatic rings. The molecule has 0 fully saturated rings. The van der Waals surface area contributed by atoms with Crippen molar-refractivity contribution in [2.24, 2.45) is 0 Å². The van der Waals surface area contributed by atoms with Crippen molar-refractivity contribution in [3.8, 4) is 5.69 Å². The molecule has 1 aromatic heterocycles. The van der Waals surface area contributed by atoms with Crippen molar-refractivity contribution in [1.82, 2.24) is 15.1 Å². The van der Waals surface area contributed by atoms with E-state index in [1.165, 1.54) is 0 Å². The van der Waals surface area contributed by atoms with Crippen LogP contribution < -0.4 is 11.1 Å². The Morgan fingerprint density at radius 3 is 2.88 bits per heavy atom. The number of halogens is 1. The van der Waals surface area contributed by atoms with E-state index in [9.17, 15) is 0 Å². The molecule has 2 rings (SSSR count). The molecule has 0 saturated carbocycles. The van der Waals surface area contributed by atoms with Crippen LogP contribution in [-0.4, -0.2) is 16.8 Å². The van der Waals surface area contributed by atoms with Crippen LogP contribution in [0.15, 0.2) is 30.3 Å². The Morgan fingerprint density at radius 2 is 2.19 bits per heavy atom. The summed E-state index contributed by atoms with van der Waals surface area (Å²) in [6.45, 7) is 0.690. The fourth-order valence-corrected chi connectivity index (χ4v) is 1.80. The SMILES string of the molecule is CNCc1cc(N)nn1-c1ccccc1Cl. The van der Waals surface area contributed by atoms with Crippen LogP contribution in [0.2, 0.25) is 5.02 Å². The van der Waals surface area contributed by atoms with Crippen LogP contribution in [0.1, 0.15) is 5.69 Å². The lowest BCUT2D eigenvalue weighted by Gasteiger charge is -2.08. The fourth-order valence-electron chi connectivity index (χ4n) is 1.58. The molecular weight excluding hydrogens is 224 g/mol. The zero-order chi connectivity index (χ0) is 11.5. The van der Waals surface area contributed by atoms with Crippen LogP contribution >= 0.6 is 11.6 Å². The van der Waals surface area contributed by atoms with Gasteiger partial charge in [0, 0.05) is 12.6 Å². The Labute approximate surface area is 99.0 Å². The first-order valence-electron chi connectivity index (χ1n) is 4.96. The average Bonchev–Trinajstić information content (AvgIpc) is 2.61. The number of nitrogens with one attached hydrogen (secondary N) is 1. The van der Waals surface area contributed by atoms with Crippen LogP contribution in [0.4, 0.5) is 5.82 Å². The monoisotopic (exact) mass is 236 g/mol. The normalized spacial score (nSPS) is 10.6. The minimum atomic E-state index is 0.491. The van der Waals surface area contributed by atoms with Crippen molar-refractivity contribution in [3.05, 3.63) is 41.0 Å². The number of aromatic nitrogens is 2. The highest BCUT2D eigenvalue weighted by atomic mass is 35.5. The number of anilines is 1. The molecule has 0 aliphatic rings. The highest BCUT2D eigenvalue weighted by Gasteiger charge is 2.09. The Morgan fingerprint density at radius 1 is 1.44 bits per heavy atom. The van der Waals surface area contributed by atoms with Crippen molar-refractivity contribution >= 4 is 17.4 Å². The van der Waals surface area contributed by atoms with Crippen molar-refractivity contribution in [2.75, 3.05) is 12.8 Å². The first kappa shape index (κ1) is 11.0. The maximum absolute atomic E-state index is 6.12. The van der Waals surface area contributed by atoms with Gasteiger partial charge >= 0.3 is 0 Å². The summed E-state index contributed by atoms with van der Waals surface area (Å²) in [4.78, 5) is 0. The molecule has 4 nitrogen and oxygen atoms in total. The molecule has 16 heavy (non-hydrogen) atoms. The molecule has 0 unspecified atom stereocenters. The average molecular weight is 237 g/mol. The second-order valence-electron chi connectivity index (χ2n) is 3.45. The molecule has 0 aliphatic carbocycles. The third-order valence-corrected chi connectivity index (χ3v) is 2.56. The lowest BCUT2D eigenvalue weighted by Crippen LogP contribution is -2.11. The molecule has 0 radical (unpaired) electrons. The number of rotatable bonds is 3. The van der Waals surface area contributed by atoms with Gasteiger partial charge in [0.25, 0.3) is 0 Å². The molecule has 0 spiro atoms. The Bertz CT molecular complexity index is 492. The summed E-state index contributed by atoms with van der Waals surface area (Å²) < 4.78 is 1.76.